The summed E-state index contributed by atoms with van der Waals surface area (Å²) in [6, 6.07) is 6.58. The van der Waals surface area contributed by atoms with Gasteiger partial charge in [0.25, 0.3) is 11.8 Å². The molecule has 26 heavy (non-hydrogen) atoms. The summed E-state index contributed by atoms with van der Waals surface area (Å²) in [5.74, 6) is -3.66. The fourth-order valence-corrected chi connectivity index (χ4v) is 2.07. The second kappa shape index (κ2) is 7.94. The maximum atomic E-state index is 13.4. The summed E-state index contributed by atoms with van der Waals surface area (Å²) in [7, 11) is 0. The Balaban J connectivity index is 1.84. The average molecular weight is 372 g/mol. The Labute approximate surface area is 145 Å². The molecule has 0 aliphatic carbocycles. The van der Waals surface area contributed by atoms with Crippen molar-refractivity contribution >= 4 is 11.8 Å². The Morgan fingerprint density at radius 1 is 0.808 bits per heavy atom. The van der Waals surface area contributed by atoms with Crippen LogP contribution in [0.5, 0.6) is 0 Å². The first-order chi connectivity index (χ1) is 12.2. The van der Waals surface area contributed by atoms with Crippen molar-refractivity contribution in [1.29, 1.82) is 0 Å². The van der Waals surface area contributed by atoms with Gasteiger partial charge in [0.2, 0.25) is 0 Å². The lowest BCUT2D eigenvalue weighted by molar-refractivity contribution is -0.137. The minimum atomic E-state index is -4.50. The number of alkyl halides is 3. The van der Waals surface area contributed by atoms with Gasteiger partial charge < -0.3 is 10.6 Å². The zero-order chi connectivity index (χ0) is 19.3. The highest BCUT2D eigenvalue weighted by molar-refractivity contribution is 5.95. The predicted molar refractivity (Wildman–Crippen MR) is 82.5 cm³/mol. The van der Waals surface area contributed by atoms with Gasteiger partial charge in [0, 0.05) is 18.7 Å². The van der Waals surface area contributed by atoms with E-state index in [1.165, 1.54) is 0 Å². The molecule has 2 amide bonds. The molecule has 0 unspecified atom stereocenters. The van der Waals surface area contributed by atoms with Crippen molar-refractivity contribution in [3.8, 4) is 0 Å². The first-order valence-corrected chi connectivity index (χ1v) is 7.38. The number of carbonyl (C=O) groups is 2. The lowest BCUT2D eigenvalue weighted by Gasteiger charge is -2.09. The number of halogens is 5. The molecule has 0 spiro atoms. The van der Waals surface area contributed by atoms with Crippen molar-refractivity contribution in [2.45, 2.75) is 6.18 Å². The highest BCUT2D eigenvalue weighted by Gasteiger charge is 2.30. The smallest absolute Gasteiger partial charge is 0.350 e. The molecule has 2 aromatic carbocycles. The number of hydrogen-bond donors (Lipinski definition) is 2. The lowest BCUT2D eigenvalue weighted by atomic mass is 10.1. The van der Waals surface area contributed by atoms with Gasteiger partial charge in [-0.05, 0) is 36.4 Å². The van der Waals surface area contributed by atoms with Crippen molar-refractivity contribution in [3.63, 3.8) is 0 Å². The minimum Gasteiger partial charge on any atom is -0.350 e. The van der Waals surface area contributed by atoms with Crippen LogP contribution in [0.25, 0.3) is 0 Å². The van der Waals surface area contributed by atoms with Crippen LogP contribution in [-0.4, -0.2) is 24.9 Å². The van der Waals surface area contributed by atoms with Gasteiger partial charge in [-0.15, -0.1) is 0 Å². The van der Waals surface area contributed by atoms with Gasteiger partial charge in [0.05, 0.1) is 5.56 Å². The molecule has 0 aliphatic heterocycles. The van der Waals surface area contributed by atoms with E-state index in [1.54, 1.807) is 0 Å². The summed E-state index contributed by atoms with van der Waals surface area (Å²) in [5.41, 5.74) is -1.61. The minimum absolute atomic E-state index is 0.00414. The van der Waals surface area contributed by atoms with Crippen molar-refractivity contribution in [3.05, 3.63) is 70.8 Å². The Morgan fingerprint density at radius 3 is 1.81 bits per heavy atom. The third kappa shape index (κ3) is 4.78. The summed E-state index contributed by atoms with van der Waals surface area (Å²) in [6.45, 7) is -0.208. The van der Waals surface area contributed by atoms with E-state index in [9.17, 15) is 31.5 Å². The Bertz CT molecular complexity index is 784. The van der Waals surface area contributed by atoms with E-state index in [4.69, 9.17) is 0 Å². The third-order valence-electron chi connectivity index (χ3n) is 3.36. The van der Waals surface area contributed by atoms with Gasteiger partial charge in [0.15, 0.2) is 0 Å². The zero-order valence-corrected chi connectivity index (χ0v) is 13.2. The van der Waals surface area contributed by atoms with Gasteiger partial charge in [-0.2, -0.15) is 13.2 Å². The second-order valence-corrected chi connectivity index (χ2v) is 5.18. The van der Waals surface area contributed by atoms with Gasteiger partial charge in [-0.3, -0.25) is 9.59 Å². The maximum Gasteiger partial charge on any atom is 0.416 e. The fraction of sp³-hybridized carbons (Fsp3) is 0.176. The third-order valence-corrected chi connectivity index (χ3v) is 3.36. The molecule has 2 rings (SSSR count). The number of rotatable bonds is 5. The van der Waals surface area contributed by atoms with Gasteiger partial charge >= 0.3 is 6.18 Å². The molecule has 9 heteroatoms. The molecule has 2 aromatic rings. The molecule has 0 aromatic heterocycles. The molecular weight excluding hydrogens is 359 g/mol. The SMILES string of the molecule is O=C(NCCNC(=O)c1c(F)cccc1F)c1ccc(C(F)(F)F)cc1. The number of amides is 2. The Morgan fingerprint density at radius 2 is 1.31 bits per heavy atom. The van der Waals surface area contributed by atoms with Crippen LogP contribution in [0.15, 0.2) is 42.5 Å². The molecule has 0 saturated heterocycles. The molecule has 0 heterocycles. The molecule has 0 bridgehead atoms. The monoisotopic (exact) mass is 372 g/mol. The van der Waals surface area contributed by atoms with Crippen LogP contribution in [0.1, 0.15) is 26.3 Å². The second-order valence-electron chi connectivity index (χ2n) is 5.18. The van der Waals surface area contributed by atoms with Gasteiger partial charge in [-0.25, -0.2) is 8.78 Å². The molecule has 4 nitrogen and oxygen atoms in total. The molecule has 0 fully saturated rings. The summed E-state index contributed by atoms with van der Waals surface area (Å²) < 4.78 is 64.2. The number of hydrogen-bond acceptors (Lipinski definition) is 2. The summed E-state index contributed by atoms with van der Waals surface area (Å²) in [6.07, 6.45) is -4.50. The van der Waals surface area contributed by atoms with Gasteiger partial charge in [0.1, 0.15) is 17.2 Å². The highest BCUT2D eigenvalue weighted by Crippen LogP contribution is 2.29. The molecule has 0 radical (unpaired) electrons. The predicted octanol–water partition coefficient (Wildman–Crippen LogP) is 3.14. The first kappa shape index (κ1) is 19.4. The van der Waals surface area contributed by atoms with Crippen molar-refractivity contribution in [1.82, 2.24) is 10.6 Å². The van der Waals surface area contributed by atoms with E-state index >= 15 is 0 Å². The molecule has 2 N–H and O–H groups in total. The summed E-state index contributed by atoms with van der Waals surface area (Å²) in [4.78, 5) is 23.5. The fourth-order valence-electron chi connectivity index (χ4n) is 2.07. The quantitative estimate of drug-likeness (QED) is 0.626. The molecule has 0 atom stereocenters. The molecular formula is C17H13F5N2O2. The van der Waals surface area contributed by atoms with E-state index in [1.807, 2.05) is 0 Å². The normalized spacial score (nSPS) is 11.1. The van der Waals surface area contributed by atoms with Crippen LogP contribution in [0.2, 0.25) is 0 Å². The van der Waals surface area contributed by atoms with Crippen LogP contribution in [-0.2, 0) is 6.18 Å². The maximum absolute atomic E-state index is 13.4. The lowest BCUT2D eigenvalue weighted by Crippen LogP contribution is -2.35. The van der Waals surface area contributed by atoms with Gasteiger partial charge in [-0.1, -0.05) is 6.07 Å². The van der Waals surface area contributed by atoms with E-state index < -0.39 is 40.8 Å². The average Bonchev–Trinajstić information content (AvgIpc) is 2.57. The van der Waals surface area contributed by atoms with E-state index in [2.05, 4.69) is 10.6 Å². The number of nitrogens with one attached hydrogen (secondary N) is 2. The summed E-state index contributed by atoms with van der Waals surface area (Å²) >= 11 is 0. The van der Waals surface area contributed by atoms with Crippen LogP contribution in [0.3, 0.4) is 0 Å². The molecule has 138 valence electrons. The van der Waals surface area contributed by atoms with Crippen LogP contribution >= 0.6 is 0 Å². The van der Waals surface area contributed by atoms with E-state index in [0.29, 0.717) is 0 Å². The van der Waals surface area contributed by atoms with Crippen LogP contribution in [0, 0.1) is 11.6 Å². The van der Waals surface area contributed by atoms with Crippen LogP contribution in [0.4, 0.5) is 22.0 Å². The summed E-state index contributed by atoms with van der Waals surface area (Å²) in [5, 5.41) is 4.60. The molecule has 0 aliphatic rings. The topological polar surface area (TPSA) is 58.2 Å². The van der Waals surface area contributed by atoms with Crippen molar-refractivity contribution < 1.29 is 31.5 Å². The van der Waals surface area contributed by atoms with E-state index in [-0.39, 0.29) is 18.7 Å². The highest BCUT2D eigenvalue weighted by atomic mass is 19.4. The zero-order valence-electron chi connectivity index (χ0n) is 13.2. The number of carbonyl (C=O) groups excluding carboxylic acids is 2. The Hall–Kier alpha value is -2.97. The number of benzene rings is 2. The standard InChI is InChI=1S/C17H13F5N2O2/c18-12-2-1-3-13(19)14(12)16(26)24-9-8-23-15(25)10-4-6-11(7-5-10)17(20,21)22/h1-7H,8-9H2,(H,23,25)(H,24,26). The van der Waals surface area contributed by atoms with Crippen LogP contribution < -0.4 is 10.6 Å². The molecule has 0 saturated carbocycles. The van der Waals surface area contributed by atoms with Crippen molar-refractivity contribution in [2.75, 3.05) is 13.1 Å². The van der Waals surface area contributed by atoms with Crippen molar-refractivity contribution in [2.24, 2.45) is 0 Å². The van der Waals surface area contributed by atoms with E-state index in [0.717, 1.165) is 42.5 Å². The first-order valence-electron chi connectivity index (χ1n) is 7.38. The Kier molecular flexibility index (Phi) is 5.91. The largest absolute Gasteiger partial charge is 0.416 e.